The molecule has 1 N–H and O–H groups in total. The molecule has 0 fully saturated rings. The average Bonchev–Trinajstić information content (AvgIpc) is 2.55. The lowest BCUT2D eigenvalue weighted by molar-refractivity contribution is -0.137. The third-order valence-electron chi connectivity index (χ3n) is 3.47. The number of alkyl halides is 3. The molecule has 0 aliphatic carbocycles. The third kappa shape index (κ3) is 5.43. The summed E-state index contributed by atoms with van der Waals surface area (Å²) in [5.41, 5.74) is 0.701. The van der Waals surface area contributed by atoms with Gasteiger partial charge in [-0.15, -0.1) is 0 Å². The molecule has 2 nitrogen and oxygen atoms in total. The minimum atomic E-state index is -4.31. The summed E-state index contributed by atoms with van der Waals surface area (Å²) in [5.74, 6) is 0.111. The van der Waals surface area contributed by atoms with Crippen molar-refractivity contribution in [3.05, 3.63) is 65.7 Å². The van der Waals surface area contributed by atoms with Gasteiger partial charge in [-0.05, 0) is 37.1 Å². The number of benzene rings is 2. The molecule has 2 aromatic rings. The molecule has 5 heteroatoms. The van der Waals surface area contributed by atoms with Crippen LogP contribution < -0.4 is 5.32 Å². The van der Waals surface area contributed by atoms with Gasteiger partial charge in [0.05, 0.1) is 5.56 Å². The molecule has 0 spiro atoms. The van der Waals surface area contributed by atoms with Crippen LogP contribution in [0.25, 0.3) is 0 Å². The summed E-state index contributed by atoms with van der Waals surface area (Å²) in [6.07, 6.45) is -2.32. The van der Waals surface area contributed by atoms with E-state index in [2.05, 4.69) is 5.32 Å². The van der Waals surface area contributed by atoms with E-state index in [1.807, 2.05) is 18.2 Å². The van der Waals surface area contributed by atoms with Crippen LogP contribution in [0, 0.1) is 0 Å². The monoisotopic (exact) mass is 321 g/mol. The van der Waals surface area contributed by atoms with Gasteiger partial charge in [0.2, 0.25) is 0 Å². The van der Waals surface area contributed by atoms with Gasteiger partial charge < -0.3 is 5.32 Å². The van der Waals surface area contributed by atoms with E-state index in [9.17, 15) is 18.0 Å². The van der Waals surface area contributed by atoms with Crippen molar-refractivity contribution >= 4 is 11.5 Å². The van der Waals surface area contributed by atoms with E-state index in [4.69, 9.17) is 0 Å². The first-order valence-electron chi connectivity index (χ1n) is 7.46. The van der Waals surface area contributed by atoms with Crippen molar-refractivity contribution in [3.63, 3.8) is 0 Å². The quantitative estimate of drug-likeness (QED) is 0.563. The highest BCUT2D eigenvalue weighted by molar-refractivity contribution is 5.95. The van der Waals surface area contributed by atoms with Crippen molar-refractivity contribution in [2.75, 3.05) is 11.9 Å². The van der Waals surface area contributed by atoms with Crippen LogP contribution in [0.5, 0.6) is 0 Å². The molecule has 0 saturated carbocycles. The van der Waals surface area contributed by atoms with Gasteiger partial charge in [-0.25, -0.2) is 0 Å². The minimum absolute atomic E-state index is 0.111. The van der Waals surface area contributed by atoms with Gasteiger partial charge in [-0.3, -0.25) is 4.79 Å². The van der Waals surface area contributed by atoms with Gasteiger partial charge in [-0.2, -0.15) is 13.2 Å². The van der Waals surface area contributed by atoms with Crippen molar-refractivity contribution in [3.8, 4) is 0 Å². The van der Waals surface area contributed by atoms with E-state index >= 15 is 0 Å². The summed E-state index contributed by atoms with van der Waals surface area (Å²) >= 11 is 0. The van der Waals surface area contributed by atoms with E-state index in [-0.39, 0.29) is 5.78 Å². The molecule has 0 atom stereocenters. The van der Waals surface area contributed by atoms with Gasteiger partial charge in [0.1, 0.15) is 0 Å². The second kappa shape index (κ2) is 7.81. The number of hydrogen-bond donors (Lipinski definition) is 1. The summed E-state index contributed by atoms with van der Waals surface area (Å²) in [4.78, 5) is 11.9. The Morgan fingerprint density at radius 3 is 2.17 bits per heavy atom. The summed E-state index contributed by atoms with van der Waals surface area (Å²) in [6.45, 7) is 0.618. The van der Waals surface area contributed by atoms with E-state index in [0.717, 1.165) is 25.0 Å². The highest BCUT2D eigenvalue weighted by Gasteiger charge is 2.29. The maximum absolute atomic E-state index is 12.4. The van der Waals surface area contributed by atoms with E-state index in [1.54, 1.807) is 12.1 Å². The molecule has 0 aromatic heterocycles. The fourth-order valence-corrected chi connectivity index (χ4v) is 2.19. The van der Waals surface area contributed by atoms with E-state index in [1.165, 1.54) is 12.1 Å². The van der Waals surface area contributed by atoms with Crippen LogP contribution in [0.1, 0.15) is 35.2 Å². The van der Waals surface area contributed by atoms with Gasteiger partial charge >= 0.3 is 6.18 Å². The van der Waals surface area contributed by atoms with Crippen LogP contribution in [0.2, 0.25) is 0 Å². The largest absolute Gasteiger partial charge is 0.416 e. The number of nitrogens with one attached hydrogen (secondary N) is 1. The fourth-order valence-electron chi connectivity index (χ4n) is 2.19. The molecule has 0 aliphatic heterocycles. The Balaban J connectivity index is 1.69. The molecule has 2 rings (SSSR count). The zero-order chi connectivity index (χ0) is 16.7. The molecular weight excluding hydrogens is 303 g/mol. The Hall–Kier alpha value is -2.30. The number of carbonyl (C=O) groups excluding carboxylic acids is 1. The van der Waals surface area contributed by atoms with Crippen molar-refractivity contribution in [1.82, 2.24) is 0 Å². The molecule has 0 bridgehead atoms. The molecular formula is C18H18F3NO. The second-order valence-electron chi connectivity index (χ2n) is 5.25. The smallest absolute Gasteiger partial charge is 0.385 e. The number of hydrogen-bond acceptors (Lipinski definition) is 2. The van der Waals surface area contributed by atoms with Gasteiger partial charge in [0.25, 0.3) is 0 Å². The number of halogens is 3. The Morgan fingerprint density at radius 2 is 1.57 bits per heavy atom. The predicted molar refractivity (Wildman–Crippen MR) is 84.6 cm³/mol. The summed E-state index contributed by atoms with van der Waals surface area (Å²) < 4.78 is 37.3. The maximum Gasteiger partial charge on any atom is 0.416 e. The van der Waals surface area contributed by atoms with Crippen LogP contribution in [0.3, 0.4) is 0 Å². The predicted octanol–water partition coefficient (Wildman–Crippen LogP) is 5.17. The number of rotatable bonds is 7. The lowest BCUT2D eigenvalue weighted by Gasteiger charge is -2.09. The first kappa shape index (κ1) is 17.1. The first-order valence-corrected chi connectivity index (χ1v) is 7.46. The number of unbranched alkanes of at least 4 members (excludes halogenated alkanes) is 1. The standard InChI is InChI=1S/C18H18F3NO/c19-18(20,21)15-9-11-16(12-10-15)22-13-5-4-8-17(23)14-6-2-1-3-7-14/h1-3,6-7,9-12,22H,4-5,8,13H2. The molecule has 0 heterocycles. The Kier molecular flexibility index (Phi) is 5.79. The summed E-state index contributed by atoms with van der Waals surface area (Å²) in [6, 6.07) is 14.1. The zero-order valence-corrected chi connectivity index (χ0v) is 12.6. The molecule has 0 saturated heterocycles. The number of ketones is 1. The molecule has 0 aliphatic rings. The van der Waals surface area contributed by atoms with Crippen LogP contribution in [-0.4, -0.2) is 12.3 Å². The molecule has 0 radical (unpaired) electrons. The number of carbonyl (C=O) groups is 1. The van der Waals surface area contributed by atoms with Crippen LogP contribution >= 0.6 is 0 Å². The van der Waals surface area contributed by atoms with Gasteiger partial charge in [-0.1, -0.05) is 30.3 Å². The topological polar surface area (TPSA) is 29.1 Å². The normalized spacial score (nSPS) is 11.3. The van der Waals surface area contributed by atoms with Crippen molar-refractivity contribution in [2.45, 2.75) is 25.4 Å². The Bertz CT molecular complexity index is 621. The molecule has 2 aromatic carbocycles. The van der Waals surface area contributed by atoms with Crippen molar-refractivity contribution in [2.24, 2.45) is 0 Å². The van der Waals surface area contributed by atoms with Crippen molar-refractivity contribution in [1.29, 1.82) is 0 Å². The van der Waals surface area contributed by atoms with Crippen LogP contribution in [-0.2, 0) is 6.18 Å². The molecule has 23 heavy (non-hydrogen) atoms. The summed E-state index contributed by atoms with van der Waals surface area (Å²) in [7, 11) is 0. The molecule has 0 amide bonds. The maximum atomic E-state index is 12.4. The van der Waals surface area contributed by atoms with Crippen LogP contribution in [0.15, 0.2) is 54.6 Å². The highest BCUT2D eigenvalue weighted by Crippen LogP contribution is 2.29. The third-order valence-corrected chi connectivity index (χ3v) is 3.47. The second-order valence-corrected chi connectivity index (χ2v) is 5.25. The Morgan fingerprint density at radius 1 is 0.913 bits per heavy atom. The lowest BCUT2D eigenvalue weighted by atomic mass is 10.1. The fraction of sp³-hybridized carbons (Fsp3) is 0.278. The van der Waals surface area contributed by atoms with Crippen LogP contribution in [0.4, 0.5) is 18.9 Å². The van der Waals surface area contributed by atoms with E-state index < -0.39 is 11.7 Å². The van der Waals surface area contributed by atoms with E-state index in [0.29, 0.717) is 24.2 Å². The van der Waals surface area contributed by atoms with Gasteiger partial charge in [0.15, 0.2) is 5.78 Å². The average molecular weight is 321 g/mol. The minimum Gasteiger partial charge on any atom is -0.385 e. The van der Waals surface area contributed by atoms with Gasteiger partial charge in [0, 0.05) is 24.2 Å². The SMILES string of the molecule is O=C(CCCCNc1ccc(C(F)(F)F)cc1)c1ccccc1. The molecule has 122 valence electrons. The lowest BCUT2D eigenvalue weighted by Crippen LogP contribution is -2.06. The molecule has 0 unspecified atom stereocenters. The zero-order valence-electron chi connectivity index (χ0n) is 12.6. The number of anilines is 1. The Labute approximate surface area is 133 Å². The number of Topliss-reactive ketones (excluding diaryl/α,β-unsaturated/α-hetero) is 1. The summed E-state index contributed by atoms with van der Waals surface area (Å²) in [5, 5.41) is 3.06. The first-order chi connectivity index (χ1) is 11.0. The van der Waals surface area contributed by atoms with Crippen molar-refractivity contribution < 1.29 is 18.0 Å². The highest BCUT2D eigenvalue weighted by atomic mass is 19.4.